The first-order valence-corrected chi connectivity index (χ1v) is 5.19. The van der Waals surface area contributed by atoms with Crippen molar-refractivity contribution in [2.75, 3.05) is 11.5 Å². The number of rotatable bonds is 2. The van der Waals surface area contributed by atoms with E-state index in [1.807, 2.05) is 0 Å². The van der Waals surface area contributed by atoms with Crippen molar-refractivity contribution in [1.29, 1.82) is 0 Å². The minimum atomic E-state index is -0.484. The fourth-order valence-electron chi connectivity index (χ4n) is 1.77. The van der Waals surface area contributed by atoms with Crippen LogP contribution in [0.1, 0.15) is 5.76 Å². The third kappa shape index (κ3) is 1.51. The van der Waals surface area contributed by atoms with Gasteiger partial charge in [-0.15, -0.1) is 0 Å². The van der Waals surface area contributed by atoms with Gasteiger partial charge in [-0.2, -0.15) is 9.97 Å². The number of H-pyrrole nitrogens is 1. The molecule has 0 amide bonds. The molecule has 3 aromatic heterocycles. The number of aromatic amines is 1. The van der Waals surface area contributed by atoms with Gasteiger partial charge in [0.1, 0.15) is 5.76 Å². The van der Waals surface area contributed by atoms with E-state index in [9.17, 15) is 4.79 Å². The van der Waals surface area contributed by atoms with Crippen molar-refractivity contribution in [3.05, 3.63) is 34.5 Å². The number of hydrogen-bond acceptors (Lipinski definition) is 6. The molecular formula is C10H10N6O2. The lowest BCUT2D eigenvalue weighted by Crippen LogP contribution is -2.18. The molecule has 3 rings (SSSR count). The van der Waals surface area contributed by atoms with Crippen LogP contribution in [0.3, 0.4) is 0 Å². The van der Waals surface area contributed by atoms with Crippen molar-refractivity contribution in [3.63, 3.8) is 0 Å². The quantitative estimate of drug-likeness (QED) is 0.580. The lowest BCUT2D eigenvalue weighted by Gasteiger charge is -2.07. The van der Waals surface area contributed by atoms with Gasteiger partial charge in [0.05, 0.1) is 12.8 Å². The Balaban J connectivity index is 2.24. The largest absolute Gasteiger partial charge is 0.467 e. The van der Waals surface area contributed by atoms with Crippen molar-refractivity contribution in [3.8, 4) is 0 Å². The lowest BCUT2D eigenvalue weighted by atomic mass is 10.4. The van der Waals surface area contributed by atoms with Crippen molar-refractivity contribution in [2.24, 2.45) is 0 Å². The maximum Gasteiger partial charge on any atom is 0.300 e. The molecule has 92 valence electrons. The van der Waals surface area contributed by atoms with Crippen LogP contribution in [0.25, 0.3) is 11.2 Å². The number of furan rings is 1. The summed E-state index contributed by atoms with van der Waals surface area (Å²) in [6, 6.07) is 3.55. The maximum absolute atomic E-state index is 11.6. The summed E-state index contributed by atoms with van der Waals surface area (Å²) < 4.78 is 6.78. The number of anilines is 2. The van der Waals surface area contributed by atoms with Gasteiger partial charge in [0.15, 0.2) is 17.1 Å². The first-order chi connectivity index (χ1) is 8.65. The van der Waals surface area contributed by atoms with Gasteiger partial charge in [0.25, 0.3) is 0 Å². The van der Waals surface area contributed by atoms with Crippen molar-refractivity contribution >= 4 is 23.1 Å². The second-order valence-corrected chi connectivity index (χ2v) is 3.76. The Hall–Kier alpha value is -2.77. The number of nitrogens with zero attached hydrogens (tertiary/aromatic N) is 3. The molecule has 0 fully saturated rings. The molecule has 0 aromatic carbocycles. The first kappa shape index (κ1) is 10.4. The third-order valence-corrected chi connectivity index (χ3v) is 2.56. The number of fused-ring (bicyclic) bond motifs is 1. The zero-order chi connectivity index (χ0) is 12.7. The summed E-state index contributed by atoms with van der Waals surface area (Å²) in [5.41, 5.74) is 11.4. The molecule has 18 heavy (non-hydrogen) atoms. The van der Waals surface area contributed by atoms with Crippen LogP contribution >= 0.6 is 0 Å². The number of aromatic nitrogens is 4. The highest BCUT2D eigenvalue weighted by atomic mass is 16.3. The molecule has 0 bridgehead atoms. The van der Waals surface area contributed by atoms with Crippen LogP contribution in [0.4, 0.5) is 11.9 Å². The smallest absolute Gasteiger partial charge is 0.300 e. The predicted octanol–water partition coefficient (Wildman–Crippen LogP) is -0.0747. The van der Waals surface area contributed by atoms with E-state index in [2.05, 4.69) is 15.0 Å². The molecule has 0 atom stereocenters. The summed E-state index contributed by atoms with van der Waals surface area (Å²) in [4.78, 5) is 22.0. The monoisotopic (exact) mass is 246 g/mol. The summed E-state index contributed by atoms with van der Waals surface area (Å²) in [6.07, 6.45) is 1.55. The third-order valence-electron chi connectivity index (χ3n) is 2.56. The molecule has 0 saturated heterocycles. The van der Waals surface area contributed by atoms with E-state index in [4.69, 9.17) is 15.9 Å². The molecule has 0 spiro atoms. The normalized spacial score (nSPS) is 11.1. The van der Waals surface area contributed by atoms with Crippen LogP contribution in [0, 0.1) is 0 Å². The molecule has 3 heterocycles. The molecule has 8 nitrogen and oxygen atoms in total. The van der Waals surface area contributed by atoms with E-state index in [0.717, 1.165) is 0 Å². The van der Waals surface area contributed by atoms with Gasteiger partial charge in [-0.25, -0.2) is 0 Å². The van der Waals surface area contributed by atoms with E-state index in [1.54, 1.807) is 23.0 Å². The van der Waals surface area contributed by atoms with E-state index < -0.39 is 5.56 Å². The summed E-state index contributed by atoms with van der Waals surface area (Å²) in [6.45, 7) is 0.326. The highest BCUT2D eigenvalue weighted by molar-refractivity contribution is 5.73. The average Bonchev–Trinajstić information content (AvgIpc) is 2.93. The van der Waals surface area contributed by atoms with Crippen LogP contribution in [-0.4, -0.2) is 19.5 Å². The SMILES string of the molecule is Nc1nc2c([nH]1)c(=O)nc(N)n2Cc1ccco1. The predicted molar refractivity (Wildman–Crippen MR) is 64.8 cm³/mol. The Labute approximate surface area is 100 Å². The molecule has 8 heteroatoms. The van der Waals surface area contributed by atoms with Gasteiger partial charge in [0, 0.05) is 0 Å². The van der Waals surface area contributed by atoms with E-state index in [-0.39, 0.29) is 17.4 Å². The van der Waals surface area contributed by atoms with Crippen molar-refractivity contribution in [2.45, 2.75) is 6.54 Å². The Kier molecular flexibility index (Phi) is 2.09. The Bertz CT molecular complexity index is 755. The van der Waals surface area contributed by atoms with Crippen LogP contribution in [0.2, 0.25) is 0 Å². The lowest BCUT2D eigenvalue weighted by molar-refractivity contribution is 0.496. The first-order valence-electron chi connectivity index (χ1n) is 5.19. The summed E-state index contributed by atoms with van der Waals surface area (Å²) >= 11 is 0. The fraction of sp³-hybridized carbons (Fsp3) is 0.100. The van der Waals surface area contributed by atoms with Crippen LogP contribution in [0.5, 0.6) is 0 Å². The van der Waals surface area contributed by atoms with E-state index in [1.165, 1.54) is 0 Å². The Morgan fingerprint density at radius 2 is 2.22 bits per heavy atom. The number of hydrogen-bond donors (Lipinski definition) is 3. The van der Waals surface area contributed by atoms with Gasteiger partial charge in [-0.3, -0.25) is 9.36 Å². The summed E-state index contributed by atoms with van der Waals surface area (Å²) in [5, 5.41) is 0. The van der Waals surface area contributed by atoms with Crippen LogP contribution < -0.4 is 17.0 Å². The average molecular weight is 246 g/mol. The Morgan fingerprint density at radius 1 is 1.39 bits per heavy atom. The Morgan fingerprint density at radius 3 is 2.94 bits per heavy atom. The number of imidazole rings is 1. The molecule has 5 N–H and O–H groups in total. The van der Waals surface area contributed by atoms with Crippen molar-refractivity contribution < 1.29 is 4.42 Å². The highest BCUT2D eigenvalue weighted by Gasteiger charge is 2.13. The molecule has 0 aliphatic heterocycles. The minimum absolute atomic E-state index is 0.0652. The zero-order valence-corrected chi connectivity index (χ0v) is 9.25. The van der Waals surface area contributed by atoms with Crippen LogP contribution in [0.15, 0.2) is 27.6 Å². The van der Waals surface area contributed by atoms with E-state index >= 15 is 0 Å². The van der Waals surface area contributed by atoms with Gasteiger partial charge in [-0.05, 0) is 12.1 Å². The fourth-order valence-corrected chi connectivity index (χ4v) is 1.77. The number of nitrogens with one attached hydrogen (secondary N) is 1. The zero-order valence-electron chi connectivity index (χ0n) is 9.25. The van der Waals surface area contributed by atoms with Gasteiger partial charge >= 0.3 is 5.56 Å². The molecular weight excluding hydrogens is 236 g/mol. The summed E-state index contributed by atoms with van der Waals surface area (Å²) in [7, 11) is 0. The minimum Gasteiger partial charge on any atom is -0.467 e. The molecule has 0 aliphatic rings. The number of nitrogens with two attached hydrogens (primary N) is 2. The van der Waals surface area contributed by atoms with E-state index in [0.29, 0.717) is 18.0 Å². The molecule has 0 unspecified atom stereocenters. The van der Waals surface area contributed by atoms with Gasteiger partial charge in [-0.1, -0.05) is 0 Å². The molecule has 0 radical (unpaired) electrons. The van der Waals surface area contributed by atoms with Gasteiger partial charge in [0.2, 0.25) is 5.95 Å². The molecule has 0 saturated carbocycles. The summed E-state index contributed by atoms with van der Waals surface area (Å²) in [5.74, 6) is 0.883. The standard InChI is InChI=1S/C10H10N6O2/c11-9-13-6-7(14-9)16(10(12)15-8(6)17)4-5-2-1-3-18-5/h1-3H,4H2,(H3,11,13,14)(H2,12,15,17). The molecule has 0 aliphatic carbocycles. The molecule has 3 aromatic rings. The maximum atomic E-state index is 11.6. The van der Waals surface area contributed by atoms with Gasteiger partial charge < -0.3 is 20.9 Å². The van der Waals surface area contributed by atoms with Crippen molar-refractivity contribution in [1.82, 2.24) is 19.5 Å². The second-order valence-electron chi connectivity index (χ2n) is 3.76. The number of nitrogen functional groups attached to an aromatic ring is 2. The van der Waals surface area contributed by atoms with Crippen LogP contribution in [-0.2, 0) is 6.54 Å². The second kappa shape index (κ2) is 3.62. The highest BCUT2D eigenvalue weighted by Crippen LogP contribution is 2.14. The topological polar surface area (TPSA) is 129 Å².